The van der Waals surface area contributed by atoms with Crippen LogP contribution in [-0.4, -0.2) is 13.1 Å². The van der Waals surface area contributed by atoms with Crippen molar-refractivity contribution >= 4 is 27.6 Å². The lowest BCUT2D eigenvalue weighted by atomic mass is 10.3. The number of allylic oxidation sites excluding steroid dienone is 1. The van der Waals surface area contributed by atoms with Gasteiger partial charge in [0, 0.05) is 16.2 Å². The van der Waals surface area contributed by atoms with Gasteiger partial charge in [-0.05, 0) is 35.0 Å². The van der Waals surface area contributed by atoms with Crippen LogP contribution in [0.3, 0.4) is 0 Å². The Morgan fingerprint density at radius 3 is 2.73 bits per heavy atom. The molecular formula is C11H12BrNO2. The van der Waals surface area contributed by atoms with Gasteiger partial charge in [-0.25, -0.2) is 4.79 Å². The Hall–Kier alpha value is -1.29. The quantitative estimate of drug-likeness (QED) is 0.678. The Labute approximate surface area is 97.3 Å². The van der Waals surface area contributed by atoms with E-state index >= 15 is 0 Å². The van der Waals surface area contributed by atoms with Gasteiger partial charge >= 0.3 is 5.97 Å². The van der Waals surface area contributed by atoms with Crippen molar-refractivity contribution in [2.75, 3.05) is 12.4 Å². The molecule has 1 N–H and O–H groups in total. The van der Waals surface area contributed by atoms with E-state index < -0.39 is 0 Å². The van der Waals surface area contributed by atoms with Crippen LogP contribution in [0.2, 0.25) is 0 Å². The molecule has 0 heterocycles. The number of para-hydroxylation sites is 1. The minimum absolute atomic E-state index is 0.368. The van der Waals surface area contributed by atoms with E-state index in [4.69, 9.17) is 0 Å². The topological polar surface area (TPSA) is 38.3 Å². The number of hydrogen-bond acceptors (Lipinski definition) is 3. The van der Waals surface area contributed by atoms with E-state index in [0.717, 1.165) is 15.9 Å². The molecule has 3 nitrogen and oxygen atoms in total. The third-order valence-corrected chi connectivity index (χ3v) is 2.43. The van der Waals surface area contributed by atoms with Crippen LogP contribution >= 0.6 is 15.9 Å². The highest BCUT2D eigenvalue weighted by Crippen LogP contribution is 2.22. The number of halogens is 1. The largest absolute Gasteiger partial charge is 0.466 e. The highest BCUT2D eigenvalue weighted by molar-refractivity contribution is 9.10. The number of esters is 1. The Kier molecular flexibility index (Phi) is 4.37. The standard InChI is InChI=1S/C11H12BrNO2/c1-8(7-11(14)15-2)13-10-6-4-3-5-9(10)12/h3-7,13H,1-2H3/b8-7+. The zero-order chi connectivity index (χ0) is 11.3. The molecule has 0 spiro atoms. The second-order valence-corrected chi connectivity index (χ2v) is 3.81. The Morgan fingerprint density at radius 1 is 1.47 bits per heavy atom. The van der Waals surface area contributed by atoms with Crippen molar-refractivity contribution in [2.45, 2.75) is 6.92 Å². The summed E-state index contributed by atoms with van der Waals surface area (Å²) in [5.41, 5.74) is 1.64. The first-order chi connectivity index (χ1) is 7.13. The lowest BCUT2D eigenvalue weighted by Crippen LogP contribution is -2.02. The monoisotopic (exact) mass is 269 g/mol. The van der Waals surface area contributed by atoms with Crippen molar-refractivity contribution in [3.8, 4) is 0 Å². The first-order valence-corrected chi connectivity index (χ1v) is 5.20. The van der Waals surface area contributed by atoms with Crippen molar-refractivity contribution in [1.82, 2.24) is 0 Å². The molecular weight excluding hydrogens is 258 g/mol. The number of rotatable bonds is 3. The molecule has 0 atom stereocenters. The van der Waals surface area contributed by atoms with Gasteiger partial charge in [0.2, 0.25) is 0 Å². The van der Waals surface area contributed by atoms with Crippen molar-refractivity contribution in [2.24, 2.45) is 0 Å². The number of ether oxygens (including phenoxy) is 1. The van der Waals surface area contributed by atoms with Crippen molar-refractivity contribution in [3.05, 3.63) is 40.5 Å². The molecule has 0 aliphatic rings. The highest BCUT2D eigenvalue weighted by Gasteiger charge is 2.00. The van der Waals surface area contributed by atoms with Crippen molar-refractivity contribution in [3.63, 3.8) is 0 Å². The summed E-state index contributed by atoms with van der Waals surface area (Å²) >= 11 is 3.40. The molecule has 0 fully saturated rings. The first-order valence-electron chi connectivity index (χ1n) is 4.41. The van der Waals surface area contributed by atoms with Gasteiger partial charge in [0.1, 0.15) is 0 Å². The number of methoxy groups -OCH3 is 1. The predicted octanol–water partition coefficient (Wildman–Crippen LogP) is 2.94. The molecule has 1 aromatic rings. The van der Waals surface area contributed by atoms with Crippen LogP contribution in [0.4, 0.5) is 5.69 Å². The fourth-order valence-electron chi connectivity index (χ4n) is 1.05. The van der Waals surface area contributed by atoms with Crippen LogP contribution in [0.25, 0.3) is 0 Å². The maximum atomic E-state index is 10.9. The minimum Gasteiger partial charge on any atom is -0.466 e. The van der Waals surface area contributed by atoms with Crippen LogP contribution < -0.4 is 5.32 Å². The summed E-state index contributed by atoms with van der Waals surface area (Å²) < 4.78 is 5.47. The Morgan fingerprint density at radius 2 is 2.13 bits per heavy atom. The molecule has 0 aromatic heterocycles. The lowest BCUT2D eigenvalue weighted by Gasteiger charge is -2.07. The van der Waals surface area contributed by atoms with E-state index in [1.807, 2.05) is 24.3 Å². The van der Waals surface area contributed by atoms with E-state index in [2.05, 4.69) is 26.0 Å². The molecule has 1 aromatic carbocycles. The normalized spacial score (nSPS) is 11.0. The van der Waals surface area contributed by atoms with Gasteiger partial charge in [0.25, 0.3) is 0 Å². The number of hydrogen-bond donors (Lipinski definition) is 1. The third-order valence-electron chi connectivity index (χ3n) is 1.74. The van der Waals surface area contributed by atoms with E-state index in [-0.39, 0.29) is 5.97 Å². The summed E-state index contributed by atoms with van der Waals surface area (Å²) in [6, 6.07) is 7.68. The smallest absolute Gasteiger partial charge is 0.332 e. The third kappa shape index (κ3) is 3.75. The first kappa shape index (κ1) is 11.8. The number of benzene rings is 1. The molecule has 0 amide bonds. The minimum atomic E-state index is -0.368. The van der Waals surface area contributed by atoms with Gasteiger partial charge in [-0.2, -0.15) is 0 Å². The lowest BCUT2D eigenvalue weighted by molar-refractivity contribution is -0.134. The van der Waals surface area contributed by atoms with E-state index in [9.17, 15) is 4.79 Å². The maximum Gasteiger partial charge on any atom is 0.332 e. The number of anilines is 1. The van der Waals surface area contributed by atoms with E-state index in [1.54, 1.807) is 6.92 Å². The second-order valence-electron chi connectivity index (χ2n) is 2.96. The summed E-state index contributed by atoms with van der Waals surface area (Å²) in [5, 5.41) is 3.09. The number of nitrogens with one attached hydrogen (secondary N) is 1. The van der Waals surface area contributed by atoms with Crippen LogP contribution in [0, 0.1) is 0 Å². The zero-order valence-electron chi connectivity index (χ0n) is 8.58. The molecule has 0 bridgehead atoms. The SMILES string of the molecule is COC(=O)/C=C(\C)Nc1ccccc1Br. The molecule has 0 aliphatic heterocycles. The molecule has 0 aliphatic carbocycles. The summed E-state index contributed by atoms with van der Waals surface area (Å²) in [6.07, 6.45) is 1.40. The molecule has 0 unspecified atom stereocenters. The fraction of sp³-hybridized carbons (Fsp3) is 0.182. The molecule has 0 radical (unpaired) electrons. The summed E-state index contributed by atoms with van der Waals surface area (Å²) in [6.45, 7) is 1.80. The molecule has 0 saturated carbocycles. The average molecular weight is 270 g/mol. The van der Waals surface area contributed by atoms with Gasteiger partial charge in [-0.1, -0.05) is 12.1 Å². The average Bonchev–Trinajstić information content (AvgIpc) is 2.21. The molecule has 0 saturated heterocycles. The van der Waals surface area contributed by atoms with Crippen LogP contribution in [0.5, 0.6) is 0 Å². The van der Waals surface area contributed by atoms with Crippen molar-refractivity contribution in [1.29, 1.82) is 0 Å². The molecule has 80 valence electrons. The van der Waals surface area contributed by atoms with Gasteiger partial charge in [-0.15, -0.1) is 0 Å². The summed E-state index contributed by atoms with van der Waals surface area (Å²) in [4.78, 5) is 10.9. The van der Waals surface area contributed by atoms with Gasteiger partial charge in [0.05, 0.1) is 12.8 Å². The van der Waals surface area contributed by atoms with Crippen LogP contribution in [-0.2, 0) is 9.53 Å². The second kappa shape index (κ2) is 5.56. The highest BCUT2D eigenvalue weighted by atomic mass is 79.9. The van der Waals surface area contributed by atoms with Gasteiger partial charge in [0.15, 0.2) is 0 Å². The van der Waals surface area contributed by atoms with Gasteiger partial charge in [-0.3, -0.25) is 0 Å². The zero-order valence-corrected chi connectivity index (χ0v) is 10.2. The number of carbonyl (C=O) groups is 1. The fourth-order valence-corrected chi connectivity index (χ4v) is 1.43. The molecule has 15 heavy (non-hydrogen) atoms. The van der Waals surface area contributed by atoms with Crippen LogP contribution in [0.15, 0.2) is 40.5 Å². The van der Waals surface area contributed by atoms with Crippen LogP contribution in [0.1, 0.15) is 6.92 Å². The molecule has 1 rings (SSSR count). The Balaban J connectivity index is 2.74. The van der Waals surface area contributed by atoms with E-state index in [0.29, 0.717) is 0 Å². The predicted molar refractivity (Wildman–Crippen MR) is 63.5 cm³/mol. The Bertz CT molecular complexity index is 388. The summed E-state index contributed by atoms with van der Waals surface area (Å²) in [7, 11) is 1.35. The number of carbonyl (C=O) groups excluding carboxylic acids is 1. The molecule has 4 heteroatoms. The van der Waals surface area contributed by atoms with Gasteiger partial charge < -0.3 is 10.1 Å². The summed E-state index contributed by atoms with van der Waals surface area (Å²) in [5.74, 6) is -0.368. The maximum absolute atomic E-state index is 10.9. The van der Waals surface area contributed by atoms with E-state index in [1.165, 1.54) is 13.2 Å². The van der Waals surface area contributed by atoms with Crippen molar-refractivity contribution < 1.29 is 9.53 Å².